The first-order valence-corrected chi connectivity index (χ1v) is 6.11. The minimum Gasteiger partial charge on any atom is -0.481 e. The maximum Gasteiger partial charge on any atom is 0.303 e. The summed E-state index contributed by atoms with van der Waals surface area (Å²) in [5, 5.41) is 11.9. The van der Waals surface area contributed by atoms with E-state index in [2.05, 4.69) is 5.32 Å². The lowest BCUT2D eigenvalue weighted by Crippen LogP contribution is -2.34. The van der Waals surface area contributed by atoms with E-state index in [9.17, 15) is 9.59 Å². The van der Waals surface area contributed by atoms with Crippen LogP contribution >= 0.6 is 11.6 Å². The van der Waals surface area contributed by atoms with Gasteiger partial charge in [0.25, 0.3) is 0 Å². The van der Waals surface area contributed by atoms with Crippen molar-refractivity contribution >= 4 is 23.5 Å². The maximum atomic E-state index is 11.4. The molecule has 1 aromatic rings. The van der Waals surface area contributed by atoms with Gasteiger partial charge in [-0.2, -0.15) is 0 Å². The summed E-state index contributed by atoms with van der Waals surface area (Å²) in [7, 11) is 0. The lowest BCUT2D eigenvalue weighted by molar-refractivity contribution is -0.138. The summed E-state index contributed by atoms with van der Waals surface area (Å²) in [6, 6.07) is 7.38. The Balaban J connectivity index is 2.39. The number of amides is 1. The fourth-order valence-electron chi connectivity index (χ4n) is 1.64. The fraction of sp³-hybridized carbons (Fsp3) is 0.385. The summed E-state index contributed by atoms with van der Waals surface area (Å²) in [6.45, 7) is 1.87. The van der Waals surface area contributed by atoms with E-state index in [4.69, 9.17) is 16.7 Å². The number of hydrogen-bond acceptors (Lipinski definition) is 2. The van der Waals surface area contributed by atoms with Crippen LogP contribution in [0.5, 0.6) is 0 Å². The van der Waals surface area contributed by atoms with Gasteiger partial charge in [0.15, 0.2) is 0 Å². The van der Waals surface area contributed by atoms with Crippen molar-refractivity contribution < 1.29 is 14.7 Å². The zero-order valence-corrected chi connectivity index (χ0v) is 10.9. The van der Waals surface area contributed by atoms with E-state index in [1.165, 1.54) is 0 Å². The quantitative estimate of drug-likeness (QED) is 0.832. The summed E-state index contributed by atoms with van der Waals surface area (Å²) >= 11 is 5.87. The standard InChI is InChI=1S/C13H16ClNO3/c1-9(15-12(16)5-6-13(17)18)7-10-3-2-4-11(14)8-10/h2-4,8-9H,5-7H2,1H3,(H,15,16)(H,17,18). The van der Waals surface area contributed by atoms with Crippen molar-refractivity contribution in [1.82, 2.24) is 5.32 Å². The molecule has 98 valence electrons. The van der Waals surface area contributed by atoms with Gasteiger partial charge in [-0.15, -0.1) is 0 Å². The van der Waals surface area contributed by atoms with Gasteiger partial charge in [-0.3, -0.25) is 9.59 Å². The van der Waals surface area contributed by atoms with Crippen LogP contribution in [-0.4, -0.2) is 23.0 Å². The Kier molecular flexibility index (Phi) is 5.65. The van der Waals surface area contributed by atoms with Gasteiger partial charge in [-0.05, 0) is 31.0 Å². The Morgan fingerprint density at radius 2 is 2.11 bits per heavy atom. The minimum absolute atomic E-state index is 0.00915. The van der Waals surface area contributed by atoms with Gasteiger partial charge in [0.1, 0.15) is 0 Å². The van der Waals surface area contributed by atoms with Crippen LogP contribution in [0.4, 0.5) is 0 Å². The molecule has 0 spiro atoms. The van der Waals surface area contributed by atoms with E-state index in [1.54, 1.807) is 6.07 Å². The lowest BCUT2D eigenvalue weighted by atomic mass is 10.1. The van der Waals surface area contributed by atoms with Crippen molar-refractivity contribution in [3.8, 4) is 0 Å². The molecule has 0 fully saturated rings. The van der Waals surface area contributed by atoms with Crippen molar-refractivity contribution in [3.63, 3.8) is 0 Å². The number of carbonyl (C=O) groups is 2. The van der Waals surface area contributed by atoms with Crippen molar-refractivity contribution in [3.05, 3.63) is 34.9 Å². The van der Waals surface area contributed by atoms with Gasteiger partial charge in [0, 0.05) is 17.5 Å². The molecule has 1 atom stereocenters. The molecule has 0 aliphatic rings. The fourth-order valence-corrected chi connectivity index (χ4v) is 1.85. The predicted molar refractivity (Wildman–Crippen MR) is 69.6 cm³/mol. The second-order valence-corrected chi connectivity index (χ2v) is 4.63. The molecule has 0 saturated heterocycles. The number of benzene rings is 1. The molecule has 0 radical (unpaired) electrons. The normalized spacial score (nSPS) is 11.9. The van der Waals surface area contributed by atoms with Crippen molar-refractivity contribution in [2.24, 2.45) is 0 Å². The lowest BCUT2D eigenvalue weighted by Gasteiger charge is -2.13. The number of halogens is 1. The van der Waals surface area contributed by atoms with E-state index >= 15 is 0 Å². The molecule has 1 rings (SSSR count). The second kappa shape index (κ2) is 7.01. The van der Waals surface area contributed by atoms with Crippen LogP contribution in [0.15, 0.2) is 24.3 Å². The number of hydrogen-bond donors (Lipinski definition) is 2. The molecule has 0 aromatic heterocycles. The highest BCUT2D eigenvalue weighted by molar-refractivity contribution is 6.30. The average molecular weight is 270 g/mol. The van der Waals surface area contributed by atoms with E-state index in [0.717, 1.165) is 5.56 Å². The van der Waals surface area contributed by atoms with E-state index < -0.39 is 5.97 Å². The molecule has 0 aliphatic carbocycles. The Hall–Kier alpha value is -1.55. The first-order valence-electron chi connectivity index (χ1n) is 5.73. The van der Waals surface area contributed by atoms with E-state index in [-0.39, 0.29) is 24.8 Å². The molecule has 0 heterocycles. The molecule has 1 aromatic carbocycles. The zero-order chi connectivity index (χ0) is 13.5. The third-order valence-corrected chi connectivity index (χ3v) is 2.64. The SMILES string of the molecule is CC(Cc1cccc(Cl)c1)NC(=O)CCC(=O)O. The molecule has 0 bridgehead atoms. The molecule has 2 N–H and O–H groups in total. The molecule has 0 aliphatic heterocycles. The number of carboxylic acid groups (broad SMARTS) is 1. The number of carbonyl (C=O) groups excluding carboxylic acids is 1. The number of nitrogens with one attached hydrogen (secondary N) is 1. The Morgan fingerprint density at radius 1 is 1.39 bits per heavy atom. The zero-order valence-electron chi connectivity index (χ0n) is 10.1. The van der Waals surface area contributed by atoms with Crippen molar-refractivity contribution in [1.29, 1.82) is 0 Å². The highest BCUT2D eigenvalue weighted by atomic mass is 35.5. The average Bonchev–Trinajstić information content (AvgIpc) is 2.26. The van der Waals surface area contributed by atoms with Gasteiger partial charge >= 0.3 is 5.97 Å². The Morgan fingerprint density at radius 3 is 2.72 bits per heavy atom. The van der Waals surface area contributed by atoms with Gasteiger partial charge in [-0.1, -0.05) is 23.7 Å². The molecule has 4 nitrogen and oxygen atoms in total. The topological polar surface area (TPSA) is 66.4 Å². The summed E-state index contributed by atoms with van der Waals surface area (Å²) in [5.74, 6) is -1.21. The predicted octanol–water partition coefficient (Wildman–Crippen LogP) is 2.25. The highest BCUT2D eigenvalue weighted by Crippen LogP contribution is 2.12. The van der Waals surface area contributed by atoms with Crippen molar-refractivity contribution in [2.45, 2.75) is 32.2 Å². The molecule has 18 heavy (non-hydrogen) atoms. The number of aliphatic carboxylic acids is 1. The van der Waals surface area contributed by atoms with Crippen LogP contribution in [0.3, 0.4) is 0 Å². The molecular weight excluding hydrogens is 254 g/mol. The summed E-state index contributed by atoms with van der Waals surface area (Å²) in [5.41, 5.74) is 1.04. The van der Waals surface area contributed by atoms with Gasteiger partial charge in [0.05, 0.1) is 6.42 Å². The molecular formula is C13H16ClNO3. The Labute approximate surface area is 111 Å². The van der Waals surface area contributed by atoms with Crippen LogP contribution < -0.4 is 5.32 Å². The van der Waals surface area contributed by atoms with Gasteiger partial charge in [-0.25, -0.2) is 0 Å². The summed E-state index contributed by atoms with van der Waals surface area (Å²) in [6.07, 6.45) is 0.532. The van der Waals surface area contributed by atoms with E-state index in [1.807, 2.05) is 25.1 Å². The smallest absolute Gasteiger partial charge is 0.303 e. The third kappa shape index (κ3) is 5.68. The van der Waals surface area contributed by atoms with Crippen LogP contribution in [0.25, 0.3) is 0 Å². The van der Waals surface area contributed by atoms with Gasteiger partial charge in [0.2, 0.25) is 5.91 Å². The van der Waals surface area contributed by atoms with E-state index in [0.29, 0.717) is 11.4 Å². The second-order valence-electron chi connectivity index (χ2n) is 4.20. The third-order valence-electron chi connectivity index (χ3n) is 2.40. The molecule has 1 amide bonds. The minimum atomic E-state index is -0.965. The van der Waals surface area contributed by atoms with Crippen molar-refractivity contribution in [2.75, 3.05) is 0 Å². The molecule has 5 heteroatoms. The summed E-state index contributed by atoms with van der Waals surface area (Å²) < 4.78 is 0. The first kappa shape index (κ1) is 14.5. The molecule has 1 unspecified atom stereocenters. The van der Waals surface area contributed by atoms with Crippen LogP contribution in [-0.2, 0) is 16.0 Å². The summed E-state index contributed by atoms with van der Waals surface area (Å²) in [4.78, 5) is 21.7. The highest BCUT2D eigenvalue weighted by Gasteiger charge is 2.09. The van der Waals surface area contributed by atoms with Crippen LogP contribution in [0, 0.1) is 0 Å². The Bertz CT molecular complexity index is 434. The maximum absolute atomic E-state index is 11.4. The monoisotopic (exact) mass is 269 g/mol. The molecule has 0 saturated carbocycles. The number of rotatable bonds is 6. The number of carboxylic acids is 1. The van der Waals surface area contributed by atoms with Crippen LogP contribution in [0.2, 0.25) is 5.02 Å². The van der Waals surface area contributed by atoms with Crippen LogP contribution in [0.1, 0.15) is 25.3 Å². The first-order chi connectivity index (χ1) is 8.47. The largest absolute Gasteiger partial charge is 0.481 e. The van der Waals surface area contributed by atoms with Gasteiger partial charge < -0.3 is 10.4 Å².